The lowest BCUT2D eigenvalue weighted by molar-refractivity contribution is 0.668. The zero-order chi connectivity index (χ0) is 41.9. The summed E-state index contributed by atoms with van der Waals surface area (Å²) in [4.78, 5) is 2.38. The van der Waals surface area contributed by atoms with Gasteiger partial charge in [-0.05, 0) is 121 Å². The number of nitrogens with zero attached hydrogens (tertiary/aromatic N) is 1. The highest BCUT2D eigenvalue weighted by Crippen LogP contribution is 2.63. The number of fused-ring (bicyclic) bond motifs is 19. The van der Waals surface area contributed by atoms with Gasteiger partial charge in [-0.3, -0.25) is 0 Å². The first-order valence-electron chi connectivity index (χ1n) is 22.0. The van der Waals surface area contributed by atoms with Crippen LogP contribution in [0.3, 0.4) is 0 Å². The van der Waals surface area contributed by atoms with E-state index in [2.05, 4.69) is 217 Å². The minimum Gasteiger partial charge on any atom is -0.456 e. The molecule has 0 amide bonds. The van der Waals surface area contributed by atoms with Crippen molar-refractivity contribution < 1.29 is 8.83 Å². The molecule has 1 atom stereocenters. The van der Waals surface area contributed by atoms with E-state index in [-0.39, 0.29) is 0 Å². The van der Waals surface area contributed by atoms with Crippen LogP contribution in [-0.2, 0) is 5.41 Å². The Morgan fingerprint density at radius 3 is 1.61 bits per heavy atom. The molecule has 2 heterocycles. The Morgan fingerprint density at radius 1 is 0.297 bits per heavy atom. The highest BCUT2D eigenvalue weighted by Gasteiger charge is 2.50. The molecule has 0 saturated heterocycles. The standard InChI is InChI=1S/C61H37NO2/c1-2-14-38(15-3-1)39-26-28-40(29-27-39)62(42-30-32-47-46-19-8-12-24-55(46)64-58(47)37-42)41-31-33-53-50(36-41)44-17-5-4-16-43(44)45-18-6-10-22-51(45)61(53)52-23-11-7-20-48(52)59-54(61)34-35-57-60(59)49-21-9-13-25-56(49)63-57/h1-37H. The third-order valence-corrected chi connectivity index (χ3v) is 13.9. The minimum absolute atomic E-state index is 0.642. The molecule has 2 aliphatic rings. The Morgan fingerprint density at radius 2 is 0.812 bits per heavy atom. The molecule has 0 bridgehead atoms. The van der Waals surface area contributed by atoms with Gasteiger partial charge < -0.3 is 13.7 Å². The van der Waals surface area contributed by atoms with Crippen molar-refractivity contribution in [3.8, 4) is 44.5 Å². The molecule has 0 fully saturated rings. The molecule has 10 aromatic carbocycles. The molecule has 0 saturated carbocycles. The molecule has 64 heavy (non-hydrogen) atoms. The van der Waals surface area contributed by atoms with Gasteiger partial charge in [0, 0.05) is 44.7 Å². The molecular weight excluding hydrogens is 779 g/mol. The van der Waals surface area contributed by atoms with E-state index < -0.39 is 5.41 Å². The van der Waals surface area contributed by atoms with E-state index >= 15 is 0 Å². The molecule has 3 heteroatoms. The van der Waals surface area contributed by atoms with E-state index in [1.165, 1.54) is 72.1 Å². The summed E-state index contributed by atoms with van der Waals surface area (Å²) in [5.74, 6) is 0. The predicted molar refractivity (Wildman–Crippen MR) is 263 cm³/mol. The zero-order valence-corrected chi connectivity index (χ0v) is 34.6. The van der Waals surface area contributed by atoms with E-state index in [0.29, 0.717) is 0 Å². The van der Waals surface area contributed by atoms with Crippen LogP contribution in [-0.4, -0.2) is 0 Å². The number of hydrogen-bond acceptors (Lipinski definition) is 3. The summed E-state index contributed by atoms with van der Waals surface area (Å²) >= 11 is 0. The summed E-state index contributed by atoms with van der Waals surface area (Å²) in [5, 5.41) is 4.53. The quantitative estimate of drug-likeness (QED) is 0.177. The molecule has 14 rings (SSSR count). The normalized spacial score (nSPS) is 14.6. The van der Waals surface area contributed by atoms with Crippen LogP contribution in [0.15, 0.2) is 233 Å². The molecule has 2 aliphatic carbocycles. The van der Waals surface area contributed by atoms with Crippen LogP contribution in [0.4, 0.5) is 17.1 Å². The van der Waals surface area contributed by atoms with Crippen molar-refractivity contribution in [2.24, 2.45) is 0 Å². The number of anilines is 3. The van der Waals surface area contributed by atoms with Gasteiger partial charge in [-0.1, -0.05) is 164 Å². The number of benzene rings is 10. The largest absolute Gasteiger partial charge is 0.456 e. The van der Waals surface area contributed by atoms with Crippen molar-refractivity contribution in [3.05, 3.63) is 247 Å². The Hall–Kier alpha value is -8.40. The molecule has 1 spiro atoms. The maximum absolute atomic E-state index is 6.57. The van der Waals surface area contributed by atoms with E-state index in [1.54, 1.807) is 0 Å². The fourth-order valence-electron chi connectivity index (χ4n) is 11.3. The van der Waals surface area contributed by atoms with Crippen molar-refractivity contribution in [3.63, 3.8) is 0 Å². The summed E-state index contributed by atoms with van der Waals surface area (Å²) in [6.07, 6.45) is 0. The molecule has 2 aromatic heterocycles. The maximum Gasteiger partial charge on any atom is 0.137 e. The Balaban J connectivity index is 1.06. The molecule has 3 nitrogen and oxygen atoms in total. The van der Waals surface area contributed by atoms with Crippen molar-refractivity contribution >= 4 is 60.9 Å². The zero-order valence-electron chi connectivity index (χ0n) is 34.6. The Kier molecular flexibility index (Phi) is 7.32. The van der Waals surface area contributed by atoms with Crippen LogP contribution in [0.1, 0.15) is 22.3 Å². The molecule has 1 unspecified atom stereocenters. The average molecular weight is 816 g/mol. The monoisotopic (exact) mass is 815 g/mol. The maximum atomic E-state index is 6.57. The fourth-order valence-corrected chi connectivity index (χ4v) is 11.3. The van der Waals surface area contributed by atoms with E-state index in [9.17, 15) is 0 Å². The minimum atomic E-state index is -0.642. The third-order valence-electron chi connectivity index (χ3n) is 13.9. The van der Waals surface area contributed by atoms with Crippen LogP contribution >= 0.6 is 0 Å². The van der Waals surface area contributed by atoms with Gasteiger partial charge in [0.15, 0.2) is 0 Å². The first-order chi connectivity index (χ1) is 31.7. The second-order valence-corrected chi connectivity index (χ2v) is 17.1. The molecular formula is C61H37NO2. The fraction of sp³-hybridized carbons (Fsp3) is 0.0164. The Labute approximate surface area is 369 Å². The van der Waals surface area contributed by atoms with Gasteiger partial charge in [-0.15, -0.1) is 0 Å². The van der Waals surface area contributed by atoms with Gasteiger partial charge in [0.2, 0.25) is 0 Å². The summed E-state index contributed by atoms with van der Waals surface area (Å²) in [7, 11) is 0. The lowest BCUT2D eigenvalue weighted by atomic mass is 9.66. The molecule has 12 aromatic rings. The highest BCUT2D eigenvalue weighted by atomic mass is 16.3. The summed E-state index contributed by atoms with van der Waals surface area (Å²) in [6.45, 7) is 0. The van der Waals surface area contributed by atoms with Gasteiger partial charge in [-0.2, -0.15) is 0 Å². The first-order valence-corrected chi connectivity index (χ1v) is 22.0. The lowest BCUT2D eigenvalue weighted by Gasteiger charge is -2.36. The molecule has 0 N–H and O–H groups in total. The van der Waals surface area contributed by atoms with Gasteiger partial charge in [0.1, 0.15) is 22.3 Å². The second kappa shape index (κ2) is 13.3. The van der Waals surface area contributed by atoms with Crippen molar-refractivity contribution in [1.82, 2.24) is 0 Å². The van der Waals surface area contributed by atoms with Gasteiger partial charge in [-0.25, -0.2) is 0 Å². The lowest BCUT2D eigenvalue weighted by Crippen LogP contribution is -2.29. The molecule has 0 radical (unpaired) electrons. The first kappa shape index (κ1) is 35.2. The van der Waals surface area contributed by atoms with Crippen LogP contribution in [0.25, 0.3) is 88.4 Å². The van der Waals surface area contributed by atoms with E-state index in [4.69, 9.17) is 8.83 Å². The Bertz CT molecular complexity index is 3860. The van der Waals surface area contributed by atoms with Crippen molar-refractivity contribution in [2.75, 3.05) is 4.90 Å². The smallest absolute Gasteiger partial charge is 0.137 e. The van der Waals surface area contributed by atoms with E-state index in [0.717, 1.165) is 55.6 Å². The number of rotatable bonds is 4. The van der Waals surface area contributed by atoms with Crippen LogP contribution in [0.5, 0.6) is 0 Å². The summed E-state index contributed by atoms with van der Waals surface area (Å²) < 4.78 is 13.1. The van der Waals surface area contributed by atoms with E-state index in [1.807, 2.05) is 12.1 Å². The topological polar surface area (TPSA) is 29.5 Å². The molecule has 0 aliphatic heterocycles. The highest BCUT2D eigenvalue weighted by molar-refractivity contribution is 6.16. The average Bonchev–Trinajstić information content (AvgIpc) is 4.00. The van der Waals surface area contributed by atoms with Crippen molar-refractivity contribution in [2.45, 2.75) is 5.41 Å². The van der Waals surface area contributed by atoms with Crippen LogP contribution in [0.2, 0.25) is 0 Å². The SMILES string of the molecule is c1ccc(-c2ccc(N(c3ccc4c(c3)-c3ccccc3-c3ccccc3C43c4ccccc4-c4c3ccc3oc5ccccc5c43)c3ccc4c(c3)oc3ccccc34)cc2)cc1. The number of furan rings is 2. The summed E-state index contributed by atoms with van der Waals surface area (Å²) in [5.41, 5.74) is 20.8. The van der Waals surface area contributed by atoms with Gasteiger partial charge in [0.25, 0.3) is 0 Å². The second-order valence-electron chi connectivity index (χ2n) is 17.1. The van der Waals surface area contributed by atoms with Crippen LogP contribution < -0.4 is 4.90 Å². The molecule has 298 valence electrons. The summed E-state index contributed by atoms with van der Waals surface area (Å²) in [6, 6.07) is 81.8. The predicted octanol–water partition coefficient (Wildman–Crippen LogP) is 16.6. The van der Waals surface area contributed by atoms with Gasteiger partial charge in [0.05, 0.1) is 5.41 Å². The third kappa shape index (κ3) is 4.81. The van der Waals surface area contributed by atoms with Gasteiger partial charge >= 0.3 is 0 Å². The van der Waals surface area contributed by atoms with Crippen LogP contribution in [0, 0.1) is 0 Å². The number of para-hydroxylation sites is 2. The number of hydrogen-bond donors (Lipinski definition) is 0. The van der Waals surface area contributed by atoms with Crippen molar-refractivity contribution in [1.29, 1.82) is 0 Å².